The SMILES string of the molecule is CN(CC(=O)O)C(C#N)c1ccc2c(c1)OCO2. The molecule has 2 rings (SSSR count). The zero-order valence-corrected chi connectivity index (χ0v) is 9.79. The van der Waals surface area contributed by atoms with Crippen molar-refractivity contribution in [1.29, 1.82) is 5.26 Å². The molecule has 0 bridgehead atoms. The predicted molar refractivity (Wildman–Crippen MR) is 61.2 cm³/mol. The Bertz CT molecular complexity index is 509. The van der Waals surface area contributed by atoms with Gasteiger partial charge in [0.1, 0.15) is 6.04 Å². The molecular formula is C12H12N2O4. The van der Waals surface area contributed by atoms with Crippen molar-refractivity contribution < 1.29 is 19.4 Å². The van der Waals surface area contributed by atoms with E-state index in [0.29, 0.717) is 17.1 Å². The lowest BCUT2D eigenvalue weighted by Crippen LogP contribution is -2.29. The van der Waals surface area contributed by atoms with Crippen LogP contribution in [0.3, 0.4) is 0 Å². The second-order valence-corrected chi connectivity index (χ2v) is 3.95. The van der Waals surface area contributed by atoms with E-state index in [9.17, 15) is 4.79 Å². The van der Waals surface area contributed by atoms with Crippen LogP contribution < -0.4 is 9.47 Å². The number of rotatable bonds is 4. The number of aliphatic carboxylic acids is 1. The summed E-state index contributed by atoms with van der Waals surface area (Å²) in [5.74, 6) is 0.242. The first-order chi connectivity index (χ1) is 8.61. The Morgan fingerprint density at radius 3 is 2.94 bits per heavy atom. The summed E-state index contributed by atoms with van der Waals surface area (Å²) in [6.07, 6.45) is 0. The number of carbonyl (C=O) groups is 1. The van der Waals surface area contributed by atoms with Gasteiger partial charge in [0.2, 0.25) is 6.79 Å². The Balaban J connectivity index is 2.23. The summed E-state index contributed by atoms with van der Waals surface area (Å²) in [7, 11) is 1.59. The Hall–Kier alpha value is -2.26. The third-order valence-corrected chi connectivity index (χ3v) is 2.66. The number of hydrogen-bond donors (Lipinski definition) is 1. The van der Waals surface area contributed by atoms with Crippen molar-refractivity contribution in [3.8, 4) is 17.6 Å². The number of likely N-dealkylation sites (N-methyl/N-ethyl adjacent to an activating group) is 1. The zero-order chi connectivity index (χ0) is 13.1. The lowest BCUT2D eigenvalue weighted by atomic mass is 10.1. The highest BCUT2D eigenvalue weighted by atomic mass is 16.7. The first kappa shape index (κ1) is 12.2. The number of nitrogens with zero attached hydrogens (tertiary/aromatic N) is 2. The second kappa shape index (κ2) is 4.94. The highest BCUT2D eigenvalue weighted by Crippen LogP contribution is 2.35. The molecule has 0 saturated heterocycles. The van der Waals surface area contributed by atoms with Crippen LogP contribution in [0.2, 0.25) is 0 Å². The van der Waals surface area contributed by atoms with Crippen LogP contribution in [-0.4, -0.2) is 36.4 Å². The fourth-order valence-electron chi connectivity index (χ4n) is 1.82. The van der Waals surface area contributed by atoms with Gasteiger partial charge in [-0.25, -0.2) is 0 Å². The predicted octanol–water partition coefficient (Wildman–Crippen LogP) is 0.996. The van der Waals surface area contributed by atoms with E-state index in [1.807, 2.05) is 0 Å². The number of carboxylic acids is 1. The summed E-state index contributed by atoms with van der Waals surface area (Å²) in [5, 5.41) is 17.9. The second-order valence-electron chi connectivity index (χ2n) is 3.95. The first-order valence-electron chi connectivity index (χ1n) is 5.33. The van der Waals surface area contributed by atoms with E-state index >= 15 is 0 Å². The molecule has 94 valence electrons. The minimum absolute atomic E-state index is 0.168. The van der Waals surface area contributed by atoms with E-state index in [4.69, 9.17) is 19.8 Å². The quantitative estimate of drug-likeness (QED) is 0.855. The first-order valence-corrected chi connectivity index (χ1v) is 5.33. The zero-order valence-electron chi connectivity index (χ0n) is 9.79. The average Bonchev–Trinajstić information content (AvgIpc) is 2.76. The van der Waals surface area contributed by atoms with Gasteiger partial charge in [-0.2, -0.15) is 5.26 Å². The summed E-state index contributed by atoms with van der Waals surface area (Å²) in [4.78, 5) is 12.1. The number of ether oxygens (including phenoxy) is 2. The normalized spacial score (nSPS) is 14.3. The van der Waals surface area contributed by atoms with Gasteiger partial charge in [0.15, 0.2) is 11.5 Å². The molecule has 0 amide bonds. The maximum atomic E-state index is 10.7. The lowest BCUT2D eigenvalue weighted by molar-refractivity contribution is -0.138. The van der Waals surface area contributed by atoms with E-state index < -0.39 is 12.0 Å². The van der Waals surface area contributed by atoms with Crippen LogP contribution in [-0.2, 0) is 4.79 Å². The molecule has 0 saturated carbocycles. The minimum atomic E-state index is -0.974. The van der Waals surface area contributed by atoms with Gasteiger partial charge in [0.25, 0.3) is 0 Å². The van der Waals surface area contributed by atoms with Crippen LogP contribution >= 0.6 is 0 Å². The Morgan fingerprint density at radius 1 is 1.56 bits per heavy atom. The van der Waals surface area contributed by atoms with Gasteiger partial charge in [-0.3, -0.25) is 9.69 Å². The molecule has 0 spiro atoms. The van der Waals surface area contributed by atoms with E-state index in [-0.39, 0.29) is 13.3 Å². The van der Waals surface area contributed by atoms with E-state index in [0.717, 1.165) is 0 Å². The smallest absolute Gasteiger partial charge is 0.317 e. The van der Waals surface area contributed by atoms with E-state index in [1.165, 1.54) is 4.90 Å². The number of nitriles is 1. The Morgan fingerprint density at radius 2 is 2.28 bits per heavy atom. The van der Waals surface area contributed by atoms with E-state index in [2.05, 4.69) is 6.07 Å². The summed E-state index contributed by atoms with van der Waals surface area (Å²) in [6, 6.07) is 6.61. The van der Waals surface area contributed by atoms with Gasteiger partial charge in [-0.15, -0.1) is 0 Å². The molecule has 0 aliphatic carbocycles. The summed E-state index contributed by atoms with van der Waals surface area (Å²) in [5.41, 5.74) is 0.686. The molecule has 1 atom stereocenters. The standard InChI is InChI=1S/C12H12N2O4/c1-14(6-12(15)16)9(5-13)8-2-3-10-11(4-8)18-7-17-10/h2-4,9H,6-7H2,1H3,(H,15,16). The molecule has 6 nitrogen and oxygen atoms in total. The summed E-state index contributed by atoms with van der Waals surface area (Å²) in [6.45, 7) is -0.0341. The third-order valence-electron chi connectivity index (χ3n) is 2.66. The summed E-state index contributed by atoms with van der Waals surface area (Å²) < 4.78 is 10.4. The van der Waals surface area contributed by atoms with Gasteiger partial charge < -0.3 is 14.6 Å². The molecule has 0 fully saturated rings. The van der Waals surface area contributed by atoms with Crippen LogP contribution in [0.1, 0.15) is 11.6 Å². The van der Waals surface area contributed by atoms with Crippen molar-refractivity contribution in [2.45, 2.75) is 6.04 Å². The van der Waals surface area contributed by atoms with Gasteiger partial charge >= 0.3 is 5.97 Å². The molecular weight excluding hydrogens is 236 g/mol. The van der Waals surface area contributed by atoms with Crippen LogP contribution in [0.5, 0.6) is 11.5 Å². The number of fused-ring (bicyclic) bond motifs is 1. The van der Waals surface area contributed by atoms with Gasteiger partial charge in [0, 0.05) is 0 Å². The molecule has 0 aromatic heterocycles. The van der Waals surface area contributed by atoms with Crippen LogP contribution in [0, 0.1) is 11.3 Å². The monoisotopic (exact) mass is 248 g/mol. The van der Waals surface area contributed by atoms with Crippen molar-refractivity contribution in [2.75, 3.05) is 20.4 Å². The molecule has 1 aromatic carbocycles. The molecule has 6 heteroatoms. The van der Waals surface area contributed by atoms with Crippen molar-refractivity contribution in [3.63, 3.8) is 0 Å². The fraction of sp³-hybridized carbons (Fsp3) is 0.333. The molecule has 18 heavy (non-hydrogen) atoms. The molecule has 1 aliphatic heterocycles. The molecule has 1 unspecified atom stereocenters. The molecule has 1 heterocycles. The molecule has 1 N–H and O–H groups in total. The highest BCUT2D eigenvalue weighted by molar-refractivity contribution is 5.69. The fourth-order valence-corrected chi connectivity index (χ4v) is 1.82. The summed E-state index contributed by atoms with van der Waals surface area (Å²) >= 11 is 0. The van der Waals surface area contributed by atoms with Crippen LogP contribution in [0.4, 0.5) is 0 Å². The topological polar surface area (TPSA) is 82.8 Å². The third kappa shape index (κ3) is 2.36. The highest BCUT2D eigenvalue weighted by Gasteiger charge is 2.22. The largest absolute Gasteiger partial charge is 0.480 e. The maximum Gasteiger partial charge on any atom is 0.317 e. The van der Waals surface area contributed by atoms with Gasteiger partial charge in [-0.1, -0.05) is 6.07 Å². The maximum absolute atomic E-state index is 10.7. The molecule has 1 aromatic rings. The number of benzene rings is 1. The van der Waals surface area contributed by atoms with Crippen LogP contribution in [0.15, 0.2) is 18.2 Å². The Kier molecular flexibility index (Phi) is 3.35. The molecule has 0 radical (unpaired) electrons. The molecule has 1 aliphatic rings. The number of hydrogen-bond acceptors (Lipinski definition) is 5. The van der Waals surface area contributed by atoms with Crippen molar-refractivity contribution >= 4 is 5.97 Å². The van der Waals surface area contributed by atoms with Crippen molar-refractivity contribution in [1.82, 2.24) is 4.90 Å². The lowest BCUT2D eigenvalue weighted by Gasteiger charge is -2.20. The Labute approximate surface area is 104 Å². The minimum Gasteiger partial charge on any atom is -0.480 e. The average molecular weight is 248 g/mol. The van der Waals surface area contributed by atoms with Crippen molar-refractivity contribution in [2.24, 2.45) is 0 Å². The van der Waals surface area contributed by atoms with E-state index in [1.54, 1.807) is 25.2 Å². The van der Waals surface area contributed by atoms with Crippen LogP contribution in [0.25, 0.3) is 0 Å². The van der Waals surface area contributed by atoms with Gasteiger partial charge in [-0.05, 0) is 24.7 Å². The number of carboxylic acid groups (broad SMARTS) is 1. The van der Waals surface area contributed by atoms with Gasteiger partial charge in [0.05, 0.1) is 12.6 Å². The van der Waals surface area contributed by atoms with Crippen molar-refractivity contribution in [3.05, 3.63) is 23.8 Å².